The standard InChI is InChI=1S/C12H16O4.C6H6O2/c1-7(2)16-9-4-11(14)10-3-8(13)6-15-12(10)5-9;7-5-3-1-2-4-6(5)8/h4-5,7-8,13-14H,3,6H2,1-2H3;1-4,7-8H. The Kier molecular flexibility index (Phi) is 5.76. The number of para-hydroxylation sites is 2. The highest BCUT2D eigenvalue weighted by molar-refractivity contribution is 5.51. The highest BCUT2D eigenvalue weighted by Crippen LogP contribution is 2.36. The zero-order valence-electron chi connectivity index (χ0n) is 13.6. The van der Waals surface area contributed by atoms with Gasteiger partial charge in [0.1, 0.15) is 23.9 Å². The fourth-order valence-electron chi connectivity index (χ4n) is 2.22. The van der Waals surface area contributed by atoms with Gasteiger partial charge in [-0.3, -0.25) is 0 Å². The van der Waals surface area contributed by atoms with Crippen LogP contribution < -0.4 is 9.47 Å². The third-order valence-electron chi connectivity index (χ3n) is 3.28. The molecule has 1 atom stereocenters. The fraction of sp³-hybridized carbons (Fsp3) is 0.333. The zero-order chi connectivity index (χ0) is 17.7. The van der Waals surface area contributed by atoms with Crippen molar-refractivity contribution in [3.63, 3.8) is 0 Å². The third-order valence-corrected chi connectivity index (χ3v) is 3.28. The van der Waals surface area contributed by atoms with Gasteiger partial charge >= 0.3 is 0 Å². The molecule has 2 aromatic carbocycles. The molecule has 0 bridgehead atoms. The summed E-state index contributed by atoms with van der Waals surface area (Å²) >= 11 is 0. The van der Waals surface area contributed by atoms with E-state index in [0.717, 1.165) is 0 Å². The van der Waals surface area contributed by atoms with E-state index in [1.165, 1.54) is 12.1 Å². The predicted molar refractivity (Wildman–Crippen MR) is 88.8 cm³/mol. The zero-order valence-corrected chi connectivity index (χ0v) is 13.6. The van der Waals surface area contributed by atoms with Crippen LogP contribution in [0.25, 0.3) is 0 Å². The van der Waals surface area contributed by atoms with Crippen LogP contribution in [0.2, 0.25) is 0 Å². The summed E-state index contributed by atoms with van der Waals surface area (Å²) in [5.41, 5.74) is 0.648. The molecule has 0 saturated carbocycles. The van der Waals surface area contributed by atoms with E-state index >= 15 is 0 Å². The van der Waals surface area contributed by atoms with Crippen molar-refractivity contribution < 1.29 is 29.9 Å². The van der Waals surface area contributed by atoms with Crippen LogP contribution in [0.3, 0.4) is 0 Å². The van der Waals surface area contributed by atoms with Crippen molar-refractivity contribution in [1.29, 1.82) is 0 Å². The first-order valence-corrected chi connectivity index (χ1v) is 7.67. The van der Waals surface area contributed by atoms with Gasteiger partial charge in [-0.15, -0.1) is 0 Å². The molecule has 0 radical (unpaired) electrons. The number of aliphatic hydroxyl groups is 1. The van der Waals surface area contributed by atoms with Crippen molar-refractivity contribution in [1.82, 2.24) is 0 Å². The van der Waals surface area contributed by atoms with E-state index in [0.29, 0.717) is 23.5 Å². The summed E-state index contributed by atoms with van der Waals surface area (Å²) in [5, 5.41) is 36.6. The second-order valence-corrected chi connectivity index (χ2v) is 5.74. The number of phenolic OH excluding ortho intramolecular Hbond substituents is 3. The van der Waals surface area contributed by atoms with Crippen LogP contribution in [-0.2, 0) is 6.42 Å². The molecule has 0 amide bonds. The van der Waals surface area contributed by atoms with Gasteiger partial charge in [0.25, 0.3) is 0 Å². The SMILES string of the molecule is CC(C)Oc1cc(O)c2c(c1)OCC(O)C2.Oc1ccccc1O. The van der Waals surface area contributed by atoms with Gasteiger partial charge in [0, 0.05) is 24.1 Å². The van der Waals surface area contributed by atoms with Crippen LogP contribution in [0.5, 0.6) is 28.7 Å². The molecule has 1 aliphatic rings. The minimum absolute atomic E-state index is 0.0478. The van der Waals surface area contributed by atoms with Crippen LogP contribution in [0.4, 0.5) is 0 Å². The Morgan fingerprint density at radius 3 is 2.21 bits per heavy atom. The third kappa shape index (κ3) is 4.70. The summed E-state index contributed by atoms with van der Waals surface area (Å²) in [6.07, 6.45) is -0.0785. The highest BCUT2D eigenvalue weighted by Gasteiger charge is 2.22. The molecule has 0 saturated heterocycles. The van der Waals surface area contributed by atoms with Crippen LogP contribution in [0, 0.1) is 0 Å². The van der Waals surface area contributed by atoms with Crippen LogP contribution >= 0.6 is 0 Å². The average molecular weight is 334 g/mol. The van der Waals surface area contributed by atoms with Crippen LogP contribution in [0.1, 0.15) is 19.4 Å². The summed E-state index contributed by atoms with van der Waals surface area (Å²) in [7, 11) is 0. The van der Waals surface area contributed by atoms with Crippen molar-refractivity contribution in [2.24, 2.45) is 0 Å². The van der Waals surface area contributed by atoms with Crippen molar-refractivity contribution in [3.05, 3.63) is 42.0 Å². The largest absolute Gasteiger partial charge is 0.507 e. The van der Waals surface area contributed by atoms with Crippen molar-refractivity contribution in [2.45, 2.75) is 32.5 Å². The number of ether oxygens (including phenoxy) is 2. The lowest BCUT2D eigenvalue weighted by atomic mass is 10.0. The van der Waals surface area contributed by atoms with Crippen LogP contribution in [-0.4, -0.2) is 39.2 Å². The highest BCUT2D eigenvalue weighted by atomic mass is 16.5. The normalized spacial score (nSPS) is 15.8. The lowest BCUT2D eigenvalue weighted by molar-refractivity contribution is 0.0903. The molecule has 24 heavy (non-hydrogen) atoms. The summed E-state index contributed by atoms with van der Waals surface area (Å²) < 4.78 is 10.8. The van der Waals surface area contributed by atoms with Gasteiger partial charge in [0.15, 0.2) is 11.5 Å². The lowest BCUT2D eigenvalue weighted by Crippen LogP contribution is -2.25. The molecule has 0 spiro atoms. The van der Waals surface area contributed by atoms with E-state index in [-0.39, 0.29) is 30.0 Å². The minimum atomic E-state index is -0.546. The summed E-state index contributed by atoms with van der Waals surface area (Å²) in [5.74, 6) is 1.15. The fourth-order valence-corrected chi connectivity index (χ4v) is 2.22. The maximum atomic E-state index is 9.80. The van der Waals surface area contributed by atoms with Gasteiger partial charge in [-0.2, -0.15) is 0 Å². The topological polar surface area (TPSA) is 99.4 Å². The molecule has 0 fully saturated rings. The van der Waals surface area contributed by atoms with E-state index in [1.54, 1.807) is 24.3 Å². The Hall–Kier alpha value is -2.60. The number of hydrogen-bond donors (Lipinski definition) is 4. The number of aromatic hydroxyl groups is 3. The molecule has 1 aliphatic heterocycles. The van der Waals surface area contributed by atoms with Crippen molar-refractivity contribution >= 4 is 0 Å². The molecule has 130 valence electrons. The Morgan fingerprint density at radius 1 is 1.04 bits per heavy atom. The quantitative estimate of drug-likeness (QED) is 0.630. The first-order chi connectivity index (χ1) is 11.4. The van der Waals surface area contributed by atoms with Gasteiger partial charge in [-0.1, -0.05) is 12.1 Å². The molecule has 0 aliphatic carbocycles. The number of rotatable bonds is 2. The molecular weight excluding hydrogens is 312 g/mol. The summed E-state index contributed by atoms with van der Waals surface area (Å²) in [6, 6.07) is 9.45. The maximum absolute atomic E-state index is 9.80. The Balaban J connectivity index is 0.000000219. The number of fused-ring (bicyclic) bond motifs is 1. The Bertz CT molecular complexity index is 662. The van der Waals surface area contributed by atoms with Crippen LogP contribution in [0.15, 0.2) is 36.4 Å². The second-order valence-electron chi connectivity index (χ2n) is 5.74. The lowest BCUT2D eigenvalue weighted by Gasteiger charge is -2.23. The molecule has 1 unspecified atom stereocenters. The smallest absolute Gasteiger partial charge is 0.157 e. The molecule has 6 nitrogen and oxygen atoms in total. The van der Waals surface area contributed by atoms with Gasteiger partial charge < -0.3 is 29.9 Å². The Labute approximate surface area is 140 Å². The summed E-state index contributed by atoms with van der Waals surface area (Å²) in [6.45, 7) is 4.10. The molecule has 4 N–H and O–H groups in total. The molecule has 3 rings (SSSR count). The van der Waals surface area contributed by atoms with Gasteiger partial charge in [0.2, 0.25) is 0 Å². The Morgan fingerprint density at radius 2 is 1.67 bits per heavy atom. The molecular formula is C18H22O6. The molecule has 2 aromatic rings. The van der Waals surface area contributed by atoms with E-state index in [1.807, 2.05) is 13.8 Å². The van der Waals surface area contributed by atoms with Gasteiger partial charge in [-0.25, -0.2) is 0 Å². The van der Waals surface area contributed by atoms with Crippen molar-refractivity contribution in [2.75, 3.05) is 6.61 Å². The monoisotopic (exact) mass is 334 g/mol. The minimum Gasteiger partial charge on any atom is -0.507 e. The molecule has 1 heterocycles. The van der Waals surface area contributed by atoms with E-state index in [2.05, 4.69) is 0 Å². The van der Waals surface area contributed by atoms with E-state index < -0.39 is 6.10 Å². The number of hydrogen-bond acceptors (Lipinski definition) is 6. The first-order valence-electron chi connectivity index (χ1n) is 7.67. The average Bonchev–Trinajstić information content (AvgIpc) is 2.51. The van der Waals surface area contributed by atoms with Crippen molar-refractivity contribution in [3.8, 4) is 28.7 Å². The number of benzene rings is 2. The second kappa shape index (κ2) is 7.79. The van der Waals surface area contributed by atoms with E-state index in [9.17, 15) is 10.2 Å². The van der Waals surface area contributed by atoms with Gasteiger partial charge in [0.05, 0.1) is 12.2 Å². The number of aliphatic hydroxyl groups excluding tert-OH is 1. The molecule has 0 aromatic heterocycles. The first kappa shape index (κ1) is 17.7. The summed E-state index contributed by atoms with van der Waals surface area (Å²) in [4.78, 5) is 0. The maximum Gasteiger partial charge on any atom is 0.157 e. The van der Waals surface area contributed by atoms with E-state index in [4.69, 9.17) is 19.7 Å². The molecule has 6 heteroatoms. The predicted octanol–water partition coefficient (Wildman–Crippen LogP) is 2.57. The van der Waals surface area contributed by atoms with Gasteiger partial charge in [-0.05, 0) is 26.0 Å². The number of phenols is 3.